The summed E-state index contributed by atoms with van der Waals surface area (Å²) in [6.07, 6.45) is 1.49. The van der Waals surface area contributed by atoms with Crippen LogP contribution in [0.5, 0.6) is 5.75 Å². The third kappa shape index (κ3) is 3.40. The maximum atomic E-state index is 11.6. The molecule has 0 saturated heterocycles. The van der Waals surface area contributed by atoms with Crippen molar-refractivity contribution in [1.29, 1.82) is 0 Å². The quantitative estimate of drug-likeness (QED) is 0.708. The van der Waals surface area contributed by atoms with E-state index in [0.29, 0.717) is 12.1 Å². The number of nitrogens with two attached hydrogens (primary N) is 1. The predicted molar refractivity (Wildman–Crippen MR) is 64.6 cm³/mol. The minimum atomic E-state index is -0.516. The van der Waals surface area contributed by atoms with Crippen molar-refractivity contribution >= 4 is 23.2 Å². The molecule has 0 unspecified atom stereocenters. The Labute approximate surface area is 99.4 Å². The van der Waals surface area contributed by atoms with Crippen molar-refractivity contribution in [3.8, 4) is 5.75 Å². The first-order valence-electron chi connectivity index (χ1n) is 5.09. The number of rotatable bonds is 4. The summed E-state index contributed by atoms with van der Waals surface area (Å²) in [4.78, 5) is 11.6. The lowest BCUT2D eigenvalue weighted by Crippen LogP contribution is -2.35. The van der Waals surface area contributed by atoms with Crippen LogP contribution in [0, 0.1) is 0 Å². The van der Waals surface area contributed by atoms with Gasteiger partial charge in [-0.2, -0.15) is 0 Å². The van der Waals surface area contributed by atoms with Gasteiger partial charge in [0, 0.05) is 5.69 Å². The summed E-state index contributed by atoms with van der Waals surface area (Å²) in [5.74, 6) is -0.263. The molecular weight excluding hydrogens is 228 g/mol. The third-order valence-electron chi connectivity index (χ3n) is 2.15. The molecule has 1 rings (SSSR count). The SMILES string of the molecule is CCC[C@H](N)C(=O)Nc1ccc(O)c(Cl)c1. The van der Waals surface area contributed by atoms with E-state index in [-0.39, 0.29) is 16.7 Å². The van der Waals surface area contributed by atoms with Crippen LogP contribution < -0.4 is 11.1 Å². The molecule has 5 heteroatoms. The number of hydrogen-bond donors (Lipinski definition) is 3. The van der Waals surface area contributed by atoms with E-state index in [2.05, 4.69) is 5.32 Å². The molecule has 4 nitrogen and oxygen atoms in total. The number of amides is 1. The van der Waals surface area contributed by atoms with E-state index < -0.39 is 6.04 Å². The van der Waals surface area contributed by atoms with Gasteiger partial charge in [0.05, 0.1) is 11.1 Å². The summed E-state index contributed by atoms with van der Waals surface area (Å²) in [7, 11) is 0. The summed E-state index contributed by atoms with van der Waals surface area (Å²) in [6, 6.07) is 3.95. The molecule has 0 heterocycles. The molecule has 0 bridgehead atoms. The topological polar surface area (TPSA) is 75.4 Å². The fourth-order valence-electron chi connectivity index (χ4n) is 1.26. The molecule has 0 aliphatic carbocycles. The highest BCUT2D eigenvalue weighted by Crippen LogP contribution is 2.26. The second-order valence-electron chi connectivity index (χ2n) is 3.55. The molecule has 0 spiro atoms. The number of anilines is 1. The Morgan fingerprint density at radius 1 is 1.62 bits per heavy atom. The number of hydrogen-bond acceptors (Lipinski definition) is 3. The number of nitrogens with one attached hydrogen (secondary N) is 1. The van der Waals surface area contributed by atoms with Gasteiger partial charge < -0.3 is 16.2 Å². The van der Waals surface area contributed by atoms with E-state index in [1.807, 2.05) is 6.92 Å². The van der Waals surface area contributed by atoms with Gasteiger partial charge in [-0.3, -0.25) is 4.79 Å². The molecule has 16 heavy (non-hydrogen) atoms. The Bertz CT molecular complexity index is 382. The smallest absolute Gasteiger partial charge is 0.241 e. The summed E-state index contributed by atoms with van der Waals surface area (Å²) in [5.41, 5.74) is 6.18. The lowest BCUT2D eigenvalue weighted by atomic mass is 10.1. The Balaban J connectivity index is 2.66. The van der Waals surface area contributed by atoms with Crippen LogP contribution in [0.3, 0.4) is 0 Å². The van der Waals surface area contributed by atoms with Crippen LogP contribution in [0.4, 0.5) is 5.69 Å². The molecule has 0 fully saturated rings. The highest BCUT2D eigenvalue weighted by atomic mass is 35.5. The van der Waals surface area contributed by atoms with Gasteiger partial charge in [0.2, 0.25) is 5.91 Å². The summed E-state index contributed by atoms with van der Waals surface area (Å²) in [6.45, 7) is 1.96. The molecule has 0 aliphatic heterocycles. The molecule has 0 aromatic heterocycles. The number of carbonyl (C=O) groups is 1. The number of phenols is 1. The third-order valence-corrected chi connectivity index (χ3v) is 2.45. The molecule has 0 radical (unpaired) electrons. The minimum absolute atomic E-state index is 0.0162. The molecule has 88 valence electrons. The van der Waals surface area contributed by atoms with Gasteiger partial charge in [0.25, 0.3) is 0 Å². The second-order valence-corrected chi connectivity index (χ2v) is 3.96. The molecule has 1 aromatic rings. The summed E-state index contributed by atoms with van der Waals surface area (Å²) < 4.78 is 0. The van der Waals surface area contributed by atoms with E-state index in [0.717, 1.165) is 6.42 Å². The van der Waals surface area contributed by atoms with Gasteiger partial charge in [0.1, 0.15) is 5.75 Å². The monoisotopic (exact) mass is 242 g/mol. The van der Waals surface area contributed by atoms with Crippen LogP contribution in [0.15, 0.2) is 18.2 Å². The normalized spacial score (nSPS) is 12.2. The average Bonchev–Trinajstić information content (AvgIpc) is 2.24. The molecule has 1 amide bonds. The highest BCUT2D eigenvalue weighted by Gasteiger charge is 2.12. The summed E-state index contributed by atoms with van der Waals surface area (Å²) >= 11 is 5.71. The fraction of sp³-hybridized carbons (Fsp3) is 0.364. The van der Waals surface area contributed by atoms with E-state index in [9.17, 15) is 9.90 Å². The lowest BCUT2D eigenvalue weighted by molar-refractivity contribution is -0.117. The Morgan fingerprint density at radius 3 is 2.88 bits per heavy atom. The van der Waals surface area contributed by atoms with E-state index in [4.69, 9.17) is 17.3 Å². The van der Waals surface area contributed by atoms with Crippen LogP contribution in [0.1, 0.15) is 19.8 Å². The van der Waals surface area contributed by atoms with Gasteiger partial charge in [-0.05, 0) is 24.6 Å². The maximum absolute atomic E-state index is 11.6. The zero-order chi connectivity index (χ0) is 12.1. The number of aromatic hydroxyl groups is 1. The highest BCUT2D eigenvalue weighted by molar-refractivity contribution is 6.32. The van der Waals surface area contributed by atoms with Crippen LogP contribution in [0.25, 0.3) is 0 Å². The van der Waals surface area contributed by atoms with Crippen molar-refractivity contribution in [3.05, 3.63) is 23.2 Å². The maximum Gasteiger partial charge on any atom is 0.241 e. The minimum Gasteiger partial charge on any atom is -0.506 e. The predicted octanol–water partition coefficient (Wildman–Crippen LogP) is 2.11. The first-order chi connectivity index (χ1) is 7.54. The fourth-order valence-corrected chi connectivity index (χ4v) is 1.44. The Morgan fingerprint density at radius 2 is 2.31 bits per heavy atom. The number of benzene rings is 1. The van der Waals surface area contributed by atoms with Gasteiger partial charge in [-0.1, -0.05) is 24.9 Å². The van der Waals surface area contributed by atoms with Crippen LogP contribution >= 0.6 is 11.6 Å². The van der Waals surface area contributed by atoms with Crippen molar-refractivity contribution in [2.75, 3.05) is 5.32 Å². The van der Waals surface area contributed by atoms with Gasteiger partial charge in [-0.25, -0.2) is 0 Å². The molecule has 0 saturated carbocycles. The first-order valence-corrected chi connectivity index (χ1v) is 5.47. The first kappa shape index (κ1) is 12.8. The molecule has 0 aliphatic rings. The number of halogens is 1. The lowest BCUT2D eigenvalue weighted by Gasteiger charge is -2.11. The number of phenolic OH excluding ortho intramolecular Hbond substituents is 1. The zero-order valence-electron chi connectivity index (χ0n) is 9.03. The molecular formula is C11H15ClN2O2. The van der Waals surface area contributed by atoms with Crippen LogP contribution in [-0.4, -0.2) is 17.1 Å². The second kappa shape index (κ2) is 5.72. The molecule has 1 aromatic carbocycles. The van der Waals surface area contributed by atoms with Crippen molar-refractivity contribution in [2.24, 2.45) is 5.73 Å². The van der Waals surface area contributed by atoms with E-state index in [1.165, 1.54) is 12.1 Å². The number of carbonyl (C=O) groups excluding carboxylic acids is 1. The van der Waals surface area contributed by atoms with Crippen molar-refractivity contribution in [2.45, 2.75) is 25.8 Å². The largest absolute Gasteiger partial charge is 0.506 e. The van der Waals surface area contributed by atoms with Gasteiger partial charge >= 0.3 is 0 Å². The van der Waals surface area contributed by atoms with E-state index in [1.54, 1.807) is 6.07 Å². The average molecular weight is 243 g/mol. The Hall–Kier alpha value is -1.26. The van der Waals surface area contributed by atoms with Crippen molar-refractivity contribution < 1.29 is 9.90 Å². The standard InChI is InChI=1S/C11H15ClN2O2/c1-2-3-9(13)11(16)14-7-4-5-10(15)8(12)6-7/h4-6,9,15H,2-3,13H2,1H3,(H,14,16)/t9-/m0/s1. The van der Waals surface area contributed by atoms with Crippen LogP contribution in [-0.2, 0) is 4.79 Å². The Kier molecular flexibility index (Phi) is 4.58. The molecule has 1 atom stereocenters. The zero-order valence-corrected chi connectivity index (χ0v) is 9.79. The van der Waals surface area contributed by atoms with Gasteiger partial charge in [-0.15, -0.1) is 0 Å². The van der Waals surface area contributed by atoms with Gasteiger partial charge in [0.15, 0.2) is 0 Å². The van der Waals surface area contributed by atoms with Crippen LogP contribution in [0.2, 0.25) is 5.02 Å². The van der Waals surface area contributed by atoms with Crippen molar-refractivity contribution in [3.63, 3.8) is 0 Å². The van der Waals surface area contributed by atoms with E-state index >= 15 is 0 Å². The summed E-state index contributed by atoms with van der Waals surface area (Å²) in [5, 5.41) is 12.0. The molecule has 4 N–H and O–H groups in total. The van der Waals surface area contributed by atoms with Crippen molar-refractivity contribution in [1.82, 2.24) is 0 Å².